The van der Waals surface area contributed by atoms with Gasteiger partial charge in [0.25, 0.3) is 0 Å². The number of carboxylic acids is 1. The highest BCUT2D eigenvalue weighted by atomic mass is 16.5. The highest BCUT2D eigenvalue weighted by molar-refractivity contribution is 6.45. The van der Waals surface area contributed by atoms with E-state index in [4.69, 9.17) is 9.84 Å². The van der Waals surface area contributed by atoms with Gasteiger partial charge >= 0.3 is 5.97 Å². The number of benzene rings is 1. The van der Waals surface area contributed by atoms with Crippen molar-refractivity contribution >= 4 is 17.5 Å². The number of carbonyl (C=O) groups is 3. The summed E-state index contributed by atoms with van der Waals surface area (Å²) in [6.45, 7) is 0. The van der Waals surface area contributed by atoms with E-state index in [9.17, 15) is 14.4 Å². The van der Waals surface area contributed by atoms with E-state index in [1.165, 1.54) is 19.2 Å². The molecule has 0 saturated carbocycles. The first-order valence-electron chi connectivity index (χ1n) is 4.48. The van der Waals surface area contributed by atoms with E-state index >= 15 is 0 Å². The van der Waals surface area contributed by atoms with Gasteiger partial charge in [-0.05, 0) is 12.1 Å². The number of ether oxygens (including phenoxy) is 1. The maximum Gasteiger partial charge on any atom is 0.311 e. The van der Waals surface area contributed by atoms with Crippen molar-refractivity contribution in [2.24, 2.45) is 0 Å². The van der Waals surface area contributed by atoms with Gasteiger partial charge in [-0.25, -0.2) is 0 Å². The molecule has 0 aliphatic rings. The van der Waals surface area contributed by atoms with Gasteiger partial charge in [0.15, 0.2) is 0 Å². The van der Waals surface area contributed by atoms with E-state index in [1.807, 2.05) is 0 Å². The number of rotatable bonds is 5. The Hall–Kier alpha value is -2.17. The van der Waals surface area contributed by atoms with Crippen LogP contribution < -0.4 is 4.74 Å². The summed E-state index contributed by atoms with van der Waals surface area (Å²) in [4.78, 5) is 32.9. The van der Waals surface area contributed by atoms with Crippen molar-refractivity contribution in [2.75, 3.05) is 7.11 Å². The number of ketones is 2. The third kappa shape index (κ3) is 2.91. The van der Waals surface area contributed by atoms with Crippen LogP contribution in [-0.2, 0) is 9.59 Å². The predicted molar refractivity (Wildman–Crippen MR) is 54.6 cm³/mol. The summed E-state index contributed by atoms with van der Waals surface area (Å²) in [5.74, 6) is -2.64. The zero-order valence-corrected chi connectivity index (χ0v) is 8.60. The van der Waals surface area contributed by atoms with Crippen molar-refractivity contribution < 1.29 is 24.2 Å². The molecule has 0 spiro atoms. The molecular formula is C11H10O5. The molecule has 1 aromatic rings. The van der Waals surface area contributed by atoms with Crippen LogP contribution in [0, 0.1) is 0 Å². The van der Waals surface area contributed by atoms with E-state index in [-0.39, 0.29) is 5.56 Å². The van der Waals surface area contributed by atoms with Gasteiger partial charge in [-0.2, -0.15) is 0 Å². The SMILES string of the molecule is COc1cccc(C(=O)C(=O)CC(=O)O)c1. The van der Waals surface area contributed by atoms with Gasteiger partial charge in [0.2, 0.25) is 11.6 Å². The predicted octanol–water partition coefficient (Wildman–Crippen LogP) is 0.922. The van der Waals surface area contributed by atoms with Gasteiger partial charge in [0.05, 0.1) is 7.11 Å². The van der Waals surface area contributed by atoms with Crippen LogP contribution in [0.2, 0.25) is 0 Å². The molecular weight excluding hydrogens is 212 g/mol. The van der Waals surface area contributed by atoms with Crippen LogP contribution in [0.4, 0.5) is 0 Å². The van der Waals surface area contributed by atoms with Gasteiger partial charge in [-0.3, -0.25) is 14.4 Å². The maximum absolute atomic E-state index is 11.5. The molecule has 0 atom stereocenters. The Morgan fingerprint density at radius 3 is 2.56 bits per heavy atom. The number of Topliss-reactive ketones (excluding diaryl/α,β-unsaturated/α-hetero) is 2. The van der Waals surface area contributed by atoms with Crippen molar-refractivity contribution in [2.45, 2.75) is 6.42 Å². The smallest absolute Gasteiger partial charge is 0.311 e. The number of carbonyl (C=O) groups excluding carboxylic acids is 2. The number of methoxy groups -OCH3 is 1. The Morgan fingerprint density at radius 2 is 2.00 bits per heavy atom. The molecule has 0 heterocycles. The molecule has 16 heavy (non-hydrogen) atoms. The third-order valence-electron chi connectivity index (χ3n) is 1.90. The molecule has 0 aliphatic heterocycles. The molecule has 84 valence electrons. The fourth-order valence-electron chi connectivity index (χ4n) is 1.14. The lowest BCUT2D eigenvalue weighted by molar-refractivity contribution is -0.139. The van der Waals surface area contributed by atoms with Crippen molar-refractivity contribution in [1.82, 2.24) is 0 Å². The van der Waals surface area contributed by atoms with Gasteiger partial charge < -0.3 is 9.84 Å². The largest absolute Gasteiger partial charge is 0.497 e. The zero-order chi connectivity index (χ0) is 12.1. The molecule has 1 rings (SSSR count). The van der Waals surface area contributed by atoms with Crippen LogP contribution in [0.1, 0.15) is 16.8 Å². The first-order chi connectivity index (χ1) is 7.54. The maximum atomic E-state index is 11.5. The first-order valence-corrected chi connectivity index (χ1v) is 4.48. The second-order valence-corrected chi connectivity index (χ2v) is 3.05. The van der Waals surface area contributed by atoms with Gasteiger partial charge in [0, 0.05) is 5.56 Å². The Labute approximate surface area is 91.6 Å². The fourth-order valence-corrected chi connectivity index (χ4v) is 1.14. The van der Waals surface area contributed by atoms with Crippen LogP contribution in [0.15, 0.2) is 24.3 Å². The Kier molecular flexibility index (Phi) is 3.77. The molecule has 1 aromatic carbocycles. The van der Waals surface area contributed by atoms with Gasteiger partial charge in [-0.1, -0.05) is 12.1 Å². The monoisotopic (exact) mass is 222 g/mol. The summed E-state index contributed by atoms with van der Waals surface area (Å²) in [6, 6.07) is 6.01. The number of hydrogen-bond acceptors (Lipinski definition) is 4. The molecule has 0 unspecified atom stereocenters. The molecule has 0 amide bonds. The van der Waals surface area contributed by atoms with Crippen LogP contribution in [0.25, 0.3) is 0 Å². The number of carboxylic acid groups (broad SMARTS) is 1. The highest BCUT2D eigenvalue weighted by Gasteiger charge is 2.19. The fraction of sp³-hybridized carbons (Fsp3) is 0.182. The summed E-state index contributed by atoms with van der Waals surface area (Å²) < 4.78 is 4.89. The standard InChI is InChI=1S/C11H10O5/c1-16-8-4-2-3-7(5-8)11(15)9(12)6-10(13)14/h2-5H,6H2,1H3,(H,13,14). The second kappa shape index (κ2) is 5.06. The van der Waals surface area contributed by atoms with Crippen LogP contribution in [0.3, 0.4) is 0 Å². The van der Waals surface area contributed by atoms with Gasteiger partial charge in [0.1, 0.15) is 12.2 Å². The average molecular weight is 222 g/mol. The van der Waals surface area contributed by atoms with Crippen molar-refractivity contribution in [3.63, 3.8) is 0 Å². The lowest BCUT2D eigenvalue weighted by atomic mass is 10.1. The Morgan fingerprint density at radius 1 is 1.31 bits per heavy atom. The normalized spacial score (nSPS) is 9.56. The van der Waals surface area contributed by atoms with Crippen LogP contribution >= 0.6 is 0 Å². The van der Waals surface area contributed by atoms with E-state index < -0.39 is 24.0 Å². The lowest BCUT2D eigenvalue weighted by Crippen LogP contribution is -2.17. The molecule has 1 N–H and O–H groups in total. The minimum Gasteiger partial charge on any atom is -0.497 e. The minimum atomic E-state index is -1.32. The Bertz CT molecular complexity index is 436. The molecule has 0 fully saturated rings. The van der Waals surface area contributed by atoms with E-state index in [0.29, 0.717) is 5.75 Å². The molecule has 0 saturated heterocycles. The molecule has 0 radical (unpaired) electrons. The van der Waals surface area contributed by atoms with Crippen molar-refractivity contribution in [3.05, 3.63) is 29.8 Å². The van der Waals surface area contributed by atoms with Crippen molar-refractivity contribution in [3.8, 4) is 5.75 Å². The topological polar surface area (TPSA) is 80.7 Å². The van der Waals surface area contributed by atoms with Crippen LogP contribution in [0.5, 0.6) is 5.75 Å². The lowest BCUT2D eigenvalue weighted by Gasteiger charge is -2.02. The summed E-state index contributed by atoms with van der Waals surface area (Å²) >= 11 is 0. The summed E-state index contributed by atoms with van der Waals surface area (Å²) in [7, 11) is 1.43. The highest BCUT2D eigenvalue weighted by Crippen LogP contribution is 2.13. The molecule has 0 aliphatic carbocycles. The molecule has 0 aromatic heterocycles. The van der Waals surface area contributed by atoms with Gasteiger partial charge in [-0.15, -0.1) is 0 Å². The second-order valence-electron chi connectivity index (χ2n) is 3.05. The van der Waals surface area contributed by atoms with E-state index in [1.54, 1.807) is 12.1 Å². The Balaban J connectivity index is 2.87. The van der Waals surface area contributed by atoms with E-state index in [2.05, 4.69) is 0 Å². The van der Waals surface area contributed by atoms with Crippen LogP contribution in [-0.4, -0.2) is 29.8 Å². The zero-order valence-electron chi connectivity index (χ0n) is 8.60. The van der Waals surface area contributed by atoms with E-state index in [0.717, 1.165) is 0 Å². The average Bonchev–Trinajstić information content (AvgIpc) is 2.27. The minimum absolute atomic E-state index is 0.130. The summed E-state index contributed by atoms with van der Waals surface area (Å²) in [5, 5.41) is 8.38. The third-order valence-corrected chi connectivity index (χ3v) is 1.90. The molecule has 5 nitrogen and oxygen atoms in total. The molecule has 0 bridgehead atoms. The van der Waals surface area contributed by atoms with Crippen molar-refractivity contribution in [1.29, 1.82) is 0 Å². The summed E-state index contributed by atoms with van der Waals surface area (Å²) in [5.41, 5.74) is 0.130. The first kappa shape index (κ1) is 11.9. The summed E-state index contributed by atoms with van der Waals surface area (Å²) in [6.07, 6.45) is -0.796. The quantitative estimate of drug-likeness (QED) is 0.455. The number of aliphatic carboxylic acids is 1. The molecule has 5 heteroatoms. The number of hydrogen-bond donors (Lipinski definition) is 1.